The molecule has 0 amide bonds. The third-order valence-corrected chi connectivity index (χ3v) is 5.06. The molecule has 5 nitrogen and oxygen atoms in total. The van der Waals surface area contributed by atoms with E-state index >= 15 is 0 Å². The maximum absolute atomic E-state index is 12.1. The van der Waals surface area contributed by atoms with Gasteiger partial charge in [0.25, 0.3) is 0 Å². The minimum Gasteiger partial charge on any atom is -0.494 e. The van der Waals surface area contributed by atoms with Crippen LogP contribution < -0.4 is 9.47 Å². The van der Waals surface area contributed by atoms with Gasteiger partial charge in [0.1, 0.15) is 11.5 Å². The van der Waals surface area contributed by atoms with E-state index in [1.54, 1.807) is 48.5 Å². The number of carbonyl (C=O) groups excluding carboxylic acids is 1. The second kappa shape index (κ2) is 11.2. The van der Waals surface area contributed by atoms with E-state index in [0.717, 1.165) is 37.5 Å². The van der Waals surface area contributed by atoms with Crippen molar-refractivity contribution in [2.24, 2.45) is 0 Å². The summed E-state index contributed by atoms with van der Waals surface area (Å²) in [6, 6.07) is 16.2. The van der Waals surface area contributed by atoms with E-state index in [0.29, 0.717) is 23.5 Å². The number of nitrogens with zero attached hydrogens (tertiary/aromatic N) is 1. The summed E-state index contributed by atoms with van der Waals surface area (Å²) in [5.74, 6) is 0.670. The van der Waals surface area contributed by atoms with Crippen molar-refractivity contribution in [2.75, 3.05) is 6.61 Å². The summed E-state index contributed by atoms with van der Waals surface area (Å²) < 4.78 is 11.0. The van der Waals surface area contributed by atoms with Gasteiger partial charge in [-0.3, -0.25) is 0 Å². The highest BCUT2D eigenvalue weighted by molar-refractivity contribution is 6.48. The van der Waals surface area contributed by atoms with Crippen molar-refractivity contribution in [3.05, 3.63) is 59.7 Å². The predicted molar refractivity (Wildman–Crippen MR) is 105 cm³/mol. The number of benzene rings is 2. The molecule has 0 aliphatic heterocycles. The zero-order valence-electron chi connectivity index (χ0n) is 15.5. The molecule has 2 aromatic rings. The first-order valence-corrected chi connectivity index (χ1v) is 11.2. The van der Waals surface area contributed by atoms with Crippen LogP contribution in [0, 0.1) is 11.3 Å². The molecule has 0 aliphatic carbocycles. The number of esters is 1. The molecule has 0 bridgehead atoms. The molecule has 27 heavy (non-hydrogen) atoms. The highest BCUT2D eigenvalue weighted by Crippen LogP contribution is 2.17. The van der Waals surface area contributed by atoms with Crippen molar-refractivity contribution < 1.29 is 19.1 Å². The van der Waals surface area contributed by atoms with E-state index in [2.05, 4.69) is 0 Å². The smallest absolute Gasteiger partial charge is 0.343 e. The first kappa shape index (κ1) is 20.7. The van der Waals surface area contributed by atoms with Gasteiger partial charge in [0.05, 0.1) is 23.8 Å². The van der Waals surface area contributed by atoms with Gasteiger partial charge in [-0.1, -0.05) is 19.3 Å². The highest BCUT2D eigenvalue weighted by Gasteiger charge is 2.09. The topological polar surface area (TPSA) is 79.6 Å². The van der Waals surface area contributed by atoms with E-state index in [-0.39, 0.29) is 0 Å². The van der Waals surface area contributed by atoms with Crippen LogP contribution in [0.25, 0.3) is 0 Å². The zero-order valence-corrected chi connectivity index (χ0v) is 16.5. The van der Waals surface area contributed by atoms with Crippen molar-refractivity contribution in [3.63, 3.8) is 0 Å². The summed E-state index contributed by atoms with van der Waals surface area (Å²) in [6.07, 6.45) is 4.26. The normalized spacial score (nSPS) is 10.4. The summed E-state index contributed by atoms with van der Waals surface area (Å²) in [4.78, 5) is 21.4. The van der Waals surface area contributed by atoms with Gasteiger partial charge >= 0.3 is 5.97 Å². The quantitative estimate of drug-likeness (QED) is 0.286. The number of unbranched alkanes of at least 4 members (excludes halogenated alkanes) is 3. The Bertz CT molecular complexity index is 751. The van der Waals surface area contributed by atoms with E-state index in [9.17, 15) is 9.59 Å². The second-order valence-electron chi connectivity index (χ2n) is 6.30. The maximum Gasteiger partial charge on any atom is 0.343 e. The lowest BCUT2D eigenvalue weighted by molar-refractivity contribution is 0.0734. The molecule has 0 saturated heterocycles. The summed E-state index contributed by atoms with van der Waals surface area (Å²) in [5.41, 5.74) is 0.952. The molecule has 0 unspecified atom stereocenters. The zero-order chi connectivity index (χ0) is 19.5. The largest absolute Gasteiger partial charge is 0.494 e. The van der Waals surface area contributed by atoms with Gasteiger partial charge in [0.15, 0.2) is 0 Å². The monoisotopic (exact) mass is 382 g/mol. The van der Waals surface area contributed by atoms with E-state index in [1.807, 2.05) is 12.6 Å². The number of rotatable bonds is 10. The molecular formula is C21H24NO4Si. The molecule has 0 fully saturated rings. The van der Waals surface area contributed by atoms with Crippen LogP contribution in [0.3, 0.4) is 0 Å². The SMILES string of the molecule is C[Si](O)CCCCCCOc1ccc(C(=O)Oc2ccc(C#N)cc2)cc1. The standard InChI is InChI=1S/C21H24NO4Si/c1-27(24)15-5-3-2-4-14-25-19-12-8-18(9-13-19)21(23)26-20-10-6-17(16-22)7-11-20/h6-13,24H,2-5,14-15H2,1H3. The van der Waals surface area contributed by atoms with Gasteiger partial charge < -0.3 is 14.3 Å². The molecular weight excluding hydrogens is 358 g/mol. The van der Waals surface area contributed by atoms with E-state index < -0.39 is 15.0 Å². The summed E-state index contributed by atoms with van der Waals surface area (Å²) in [7, 11) is -1.09. The first-order valence-electron chi connectivity index (χ1n) is 9.05. The predicted octanol–water partition coefficient (Wildman–Crippen LogP) is 4.33. The molecule has 0 aliphatic rings. The van der Waals surface area contributed by atoms with Crippen LogP contribution in [0.2, 0.25) is 12.6 Å². The Labute approximate surface area is 161 Å². The molecule has 1 N–H and O–H groups in total. The third kappa shape index (κ3) is 7.65. The molecule has 2 rings (SSSR count). The lowest BCUT2D eigenvalue weighted by Gasteiger charge is -2.08. The van der Waals surface area contributed by atoms with Crippen molar-refractivity contribution in [3.8, 4) is 17.6 Å². The molecule has 0 saturated carbocycles. The Hall–Kier alpha value is -2.62. The number of ether oxygens (including phenoxy) is 2. The van der Waals surface area contributed by atoms with Gasteiger partial charge in [-0.2, -0.15) is 5.26 Å². The number of hydrogen-bond acceptors (Lipinski definition) is 5. The Morgan fingerprint density at radius 2 is 1.63 bits per heavy atom. The number of carbonyl (C=O) groups is 1. The van der Waals surface area contributed by atoms with Gasteiger partial charge in [-0.25, -0.2) is 4.79 Å². The molecule has 0 spiro atoms. The summed E-state index contributed by atoms with van der Waals surface area (Å²) in [5, 5.41) is 8.77. The lowest BCUT2D eigenvalue weighted by atomic mass is 10.2. The van der Waals surface area contributed by atoms with E-state index in [4.69, 9.17) is 14.7 Å². The van der Waals surface area contributed by atoms with Gasteiger partial charge in [-0.05, 0) is 67.5 Å². The Kier molecular flexibility index (Phi) is 8.56. The maximum atomic E-state index is 12.1. The average molecular weight is 383 g/mol. The fourth-order valence-electron chi connectivity index (χ4n) is 2.48. The third-order valence-electron chi connectivity index (χ3n) is 3.99. The molecule has 1 radical (unpaired) electrons. The van der Waals surface area contributed by atoms with Gasteiger partial charge in [0.2, 0.25) is 9.04 Å². The molecule has 6 heteroatoms. The molecule has 0 atom stereocenters. The second-order valence-corrected chi connectivity index (χ2v) is 8.27. The average Bonchev–Trinajstić information content (AvgIpc) is 2.68. The fraction of sp³-hybridized carbons (Fsp3) is 0.333. The van der Waals surface area contributed by atoms with Crippen LogP contribution in [0.1, 0.15) is 41.6 Å². The number of hydrogen-bond donors (Lipinski definition) is 1. The summed E-state index contributed by atoms with van der Waals surface area (Å²) in [6.45, 7) is 2.55. The van der Waals surface area contributed by atoms with Crippen molar-refractivity contribution in [1.29, 1.82) is 5.26 Å². The molecule has 141 valence electrons. The Morgan fingerprint density at radius 1 is 1.00 bits per heavy atom. The van der Waals surface area contributed by atoms with Crippen LogP contribution in [-0.4, -0.2) is 26.4 Å². The Morgan fingerprint density at radius 3 is 2.26 bits per heavy atom. The van der Waals surface area contributed by atoms with Gasteiger partial charge in [0, 0.05) is 0 Å². The van der Waals surface area contributed by atoms with Crippen molar-refractivity contribution >= 4 is 15.0 Å². The highest BCUT2D eigenvalue weighted by atomic mass is 28.3. The summed E-state index contributed by atoms with van der Waals surface area (Å²) >= 11 is 0. The van der Waals surface area contributed by atoms with Crippen LogP contribution in [0.5, 0.6) is 11.5 Å². The van der Waals surface area contributed by atoms with Crippen LogP contribution in [-0.2, 0) is 0 Å². The van der Waals surface area contributed by atoms with Crippen LogP contribution in [0.4, 0.5) is 0 Å². The first-order chi connectivity index (χ1) is 13.1. The van der Waals surface area contributed by atoms with Crippen molar-refractivity contribution in [2.45, 2.75) is 38.3 Å². The molecule has 0 heterocycles. The minimum atomic E-state index is -1.09. The lowest BCUT2D eigenvalue weighted by Crippen LogP contribution is -2.08. The van der Waals surface area contributed by atoms with Crippen molar-refractivity contribution in [1.82, 2.24) is 0 Å². The minimum absolute atomic E-state index is 0.400. The van der Waals surface area contributed by atoms with Crippen LogP contribution in [0.15, 0.2) is 48.5 Å². The Balaban J connectivity index is 1.72. The van der Waals surface area contributed by atoms with E-state index in [1.165, 1.54) is 0 Å². The molecule has 2 aromatic carbocycles. The molecule has 0 aromatic heterocycles. The fourth-order valence-corrected chi connectivity index (χ4v) is 3.24. The van der Waals surface area contributed by atoms with Gasteiger partial charge in [-0.15, -0.1) is 0 Å². The van der Waals surface area contributed by atoms with Crippen LogP contribution >= 0.6 is 0 Å². The number of nitriles is 1.